The van der Waals surface area contributed by atoms with Gasteiger partial charge >= 0.3 is 0 Å². The number of anilines is 5. The summed E-state index contributed by atoms with van der Waals surface area (Å²) in [5.74, 6) is 8.26. The molecule has 145 heavy (non-hydrogen) atoms. The van der Waals surface area contributed by atoms with Gasteiger partial charge in [0.15, 0.2) is 34.8 Å². The summed E-state index contributed by atoms with van der Waals surface area (Å²) in [7, 11) is 0. The van der Waals surface area contributed by atoms with E-state index in [-0.39, 0.29) is 125 Å². The van der Waals surface area contributed by atoms with Crippen molar-refractivity contribution in [1.29, 1.82) is 0 Å². The zero-order valence-corrected chi connectivity index (χ0v) is 78.8. The number of halogens is 1. The molecule has 0 aliphatic rings. The lowest BCUT2D eigenvalue weighted by molar-refractivity contribution is -0.116. The number of hydrogen-bond donors (Lipinski definition) is 15. The third-order valence-corrected chi connectivity index (χ3v) is 21.8. The van der Waals surface area contributed by atoms with Crippen LogP contribution in [-0.4, -0.2) is 130 Å². The Morgan fingerprint density at radius 1 is 0.255 bits per heavy atom. The third kappa shape index (κ3) is 32.0. The van der Waals surface area contributed by atoms with E-state index in [2.05, 4.69) is 111 Å². The van der Waals surface area contributed by atoms with Crippen molar-refractivity contribution in [2.24, 2.45) is 0 Å². The van der Waals surface area contributed by atoms with E-state index in [4.69, 9.17) is 4.98 Å². The van der Waals surface area contributed by atoms with E-state index in [0.717, 1.165) is 73.2 Å². The predicted molar refractivity (Wildman–Crippen MR) is 557 cm³/mol. The summed E-state index contributed by atoms with van der Waals surface area (Å²) < 4.78 is 0.414. The lowest BCUT2D eigenvalue weighted by Gasteiger charge is -2.12. The van der Waals surface area contributed by atoms with Crippen molar-refractivity contribution >= 4 is 86.7 Å². The molecule has 5 aromatic heterocycles. The van der Waals surface area contributed by atoms with E-state index in [0.29, 0.717) is 79.8 Å². The number of hydrogen-bond acceptors (Lipinski definition) is 25. The minimum atomic E-state index is -0.273. The number of aromatic hydroxyl groups is 10. The number of aryl methyl sites for hydroxylation is 2. The summed E-state index contributed by atoms with van der Waals surface area (Å²) in [6, 6.07) is 94.9. The molecule has 0 aliphatic carbocycles. The molecule has 0 unspecified atom stereocenters. The minimum Gasteiger partial charge on any atom is -0.508 e. The van der Waals surface area contributed by atoms with Crippen LogP contribution in [0, 0.1) is 11.8 Å². The van der Waals surface area contributed by atoms with Crippen molar-refractivity contribution in [3.63, 3.8) is 0 Å². The molecule has 5 amide bonds. The van der Waals surface area contributed by atoms with Crippen molar-refractivity contribution in [1.82, 2.24) is 49.8 Å². The monoisotopic (exact) mass is 1990 g/mol. The van der Waals surface area contributed by atoms with Crippen LogP contribution < -0.4 is 26.6 Å². The number of benzene rings is 13. The van der Waals surface area contributed by atoms with Gasteiger partial charge in [-0.1, -0.05) is 152 Å². The molecule has 31 heteroatoms. The molecule has 0 radical (unpaired) electrons. The van der Waals surface area contributed by atoms with Gasteiger partial charge in [-0.3, -0.25) is 29.0 Å². The fraction of sp³-hybridized carbons (Fsp3) is 0.0614. The Balaban J connectivity index is 0.000000144. The van der Waals surface area contributed by atoms with Crippen LogP contribution in [0.15, 0.2) is 375 Å². The first-order chi connectivity index (χ1) is 70.3. The topological polar surface area (TPSA) is 477 Å². The first-order valence-corrected chi connectivity index (χ1v) is 45.7. The predicted octanol–water partition coefficient (Wildman–Crippen LogP) is 19.8. The Kier molecular flexibility index (Phi) is 35.4. The largest absolute Gasteiger partial charge is 0.508 e. The molecule has 0 saturated heterocycles. The minimum absolute atomic E-state index is 0.118. The molecule has 0 spiro atoms. The Morgan fingerprint density at radius 3 is 0.945 bits per heavy atom. The van der Waals surface area contributed by atoms with Gasteiger partial charge in [0.1, 0.15) is 67.8 Å². The zero-order valence-electron chi connectivity index (χ0n) is 77.2. The Morgan fingerprint density at radius 2 is 0.559 bits per heavy atom. The number of phenolic OH excluding ortho intramolecular Hbond substituents is 10. The van der Waals surface area contributed by atoms with Crippen LogP contribution in [0.5, 0.6) is 57.5 Å². The first-order valence-electron chi connectivity index (χ1n) is 45.0. The summed E-state index contributed by atoms with van der Waals surface area (Å²) in [6.07, 6.45) is 15.2. The van der Waals surface area contributed by atoms with Gasteiger partial charge in [-0.25, -0.2) is 44.9 Å². The van der Waals surface area contributed by atoms with Crippen LogP contribution in [0.25, 0.3) is 68.4 Å². The number of rotatable bonds is 25. The molecule has 18 rings (SSSR count). The maximum Gasteiger partial charge on any atom is 0.230 e. The SMILES string of the molecule is O=C(Cc1ccc(O)cc1)Nc1cnc(-c2ccc(O)cc2)cn1.O=C(Cc1ccc(O)cc1)Nc1ncc(-c2ccc(O)cc2)nc1/C=C\c1ccccc1.O=C(Cc1ccc(O)cc1)Nc1ncc(-c2ccc(O)cc2)nc1Br.O=C(Cc1ccc(O)cc1)Nc1ncc(-c2ccc(O)cc2)nc1C#Cc1ccccc1.O=C(Cc1ccc(O)cc1)Nc1ncc(-c2ccc(O)cc2)nc1CCc1ccccc1. The lowest BCUT2D eigenvalue weighted by Crippen LogP contribution is -2.17. The molecule has 720 valence electrons. The van der Waals surface area contributed by atoms with Gasteiger partial charge in [-0.05, 0) is 274 Å². The summed E-state index contributed by atoms with van der Waals surface area (Å²) in [6.45, 7) is 0. The highest BCUT2D eigenvalue weighted by Gasteiger charge is 2.20. The number of aromatic nitrogens is 10. The molecule has 30 nitrogen and oxygen atoms in total. The maximum absolute atomic E-state index is 12.6. The molecule has 0 fully saturated rings. The summed E-state index contributed by atoms with van der Waals surface area (Å²) in [5.41, 5.74) is 15.5. The number of nitrogens with zero attached hydrogens (tertiary/aromatic N) is 10. The quantitative estimate of drug-likeness (QED) is 0.0236. The van der Waals surface area contributed by atoms with Gasteiger partial charge in [-0.2, -0.15) is 0 Å². The molecule has 18 aromatic rings. The second-order valence-electron chi connectivity index (χ2n) is 32.2. The Hall–Kier alpha value is -19.6. The second-order valence-corrected chi connectivity index (χ2v) is 33.0. The van der Waals surface area contributed by atoms with Crippen LogP contribution in [0.4, 0.5) is 29.1 Å². The zero-order chi connectivity index (χ0) is 102. The van der Waals surface area contributed by atoms with E-state index < -0.39 is 0 Å². The van der Waals surface area contributed by atoms with Crippen LogP contribution in [0.1, 0.15) is 61.6 Å². The maximum atomic E-state index is 12.6. The van der Waals surface area contributed by atoms with Crippen LogP contribution >= 0.6 is 15.9 Å². The number of carbonyl (C=O) groups is 5. The van der Waals surface area contributed by atoms with Gasteiger partial charge in [0.05, 0.1) is 103 Å². The Labute approximate surface area is 840 Å². The van der Waals surface area contributed by atoms with Gasteiger partial charge in [0, 0.05) is 33.4 Å². The summed E-state index contributed by atoms with van der Waals surface area (Å²) in [5, 5.41) is 108. The van der Waals surface area contributed by atoms with E-state index >= 15 is 0 Å². The molecule has 0 saturated carbocycles. The van der Waals surface area contributed by atoms with Gasteiger partial charge < -0.3 is 77.6 Å². The van der Waals surface area contributed by atoms with Crippen molar-refractivity contribution in [3.8, 4) is 126 Å². The molecular formula is C114H92BrN15O15. The number of carbonyl (C=O) groups excluding carboxylic acids is 5. The smallest absolute Gasteiger partial charge is 0.230 e. The summed E-state index contributed by atoms with van der Waals surface area (Å²) >= 11 is 3.31. The molecular weight excluding hydrogens is 1900 g/mol. The number of nitrogens with one attached hydrogen (secondary N) is 5. The molecule has 13 aromatic carbocycles. The number of amides is 5. The number of phenols is 10. The standard InChI is InChI=1S/C26H23N3O3.C26H21N3O3.C26H19N3O3.C18H14BrN3O3.C18H15N3O3/c3*30-21-11-6-19(7-12-21)16-25(32)29-26-23(15-8-18-4-2-1-3-5-18)28-24(17-27-26)20-9-13-22(31)14-10-20;19-17-18(22-16(25)9-11-1-5-13(23)6-2-11)20-10-15(21-17)12-3-7-14(24)8-4-12;22-14-5-1-12(2-6-14)9-18(24)21-17-11-19-16(10-20-17)13-3-7-15(23)8-4-13/h1-7,9-14,17,30-31H,8,15-16H2,(H,27,29,32);1-15,17,30-31H,16H2,(H,27,29,32);1-7,9-14,17,30-31H,16H2,(H,27,29,32);1-8,10,23-24H,9H2,(H,20,22,25);1-8,10-11,22-23H,9H2,(H,20,21,24)/b;15-8-;;;. The van der Waals surface area contributed by atoms with Crippen molar-refractivity contribution in [2.75, 3.05) is 26.6 Å². The van der Waals surface area contributed by atoms with E-state index in [1.54, 1.807) is 237 Å². The van der Waals surface area contributed by atoms with Crippen molar-refractivity contribution in [3.05, 3.63) is 437 Å². The highest BCUT2D eigenvalue weighted by atomic mass is 79.9. The van der Waals surface area contributed by atoms with E-state index in [9.17, 15) is 75.0 Å². The fourth-order valence-corrected chi connectivity index (χ4v) is 14.2. The molecule has 0 aliphatic heterocycles. The van der Waals surface area contributed by atoms with Gasteiger partial charge in [0.2, 0.25) is 29.5 Å². The highest BCUT2D eigenvalue weighted by molar-refractivity contribution is 9.10. The Bertz CT molecular complexity index is 7520. The van der Waals surface area contributed by atoms with Crippen molar-refractivity contribution in [2.45, 2.75) is 44.9 Å². The summed E-state index contributed by atoms with van der Waals surface area (Å²) in [4.78, 5) is 106. The molecule has 15 N–H and O–H groups in total. The van der Waals surface area contributed by atoms with E-state index in [1.165, 1.54) is 48.2 Å². The van der Waals surface area contributed by atoms with Crippen LogP contribution in [0.3, 0.4) is 0 Å². The molecule has 5 heterocycles. The van der Waals surface area contributed by atoms with Gasteiger partial charge in [-0.15, -0.1) is 0 Å². The molecule has 0 bridgehead atoms. The van der Waals surface area contributed by atoms with Gasteiger partial charge in [0.25, 0.3) is 0 Å². The second kappa shape index (κ2) is 50.6. The average Bonchev–Trinajstić information content (AvgIpc) is 0.796. The van der Waals surface area contributed by atoms with E-state index in [1.807, 2.05) is 91.0 Å². The molecule has 0 atom stereocenters. The third-order valence-electron chi connectivity index (χ3n) is 21.2. The normalized spacial score (nSPS) is 10.5. The fourth-order valence-electron chi connectivity index (χ4n) is 13.8. The van der Waals surface area contributed by atoms with Crippen molar-refractivity contribution < 1.29 is 75.0 Å². The lowest BCUT2D eigenvalue weighted by atomic mass is 10.1. The average molecular weight is 1990 g/mol. The highest BCUT2D eigenvalue weighted by Crippen LogP contribution is 2.31. The first kappa shape index (κ1) is 101. The van der Waals surface area contributed by atoms with Crippen LogP contribution in [0.2, 0.25) is 0 Å². The van der Waals surface area contributed by atoms with Crippen LogP contribution in [-0.2, 0) is 68.9 Å².